The molecule has 0 saturated carbocycles. The zero-order chi connectivity index (χ0) is 11.7. The summed E-state index contributed by atoms with van der Waals surface area (Å²) < 4.78 is 4.42. The van der Waals surface area contributed by atoms with Gasteiger partial charge in [0, 0.05) is 30.7 Å². The third kappa shape index (κ3) is 1.73. The largest absolute Gasteiger partial charge is 0.340 e. The molecule has 86 valence electrons. The highest BCUT2D eigenvalue weighted by Gasteiger charge is 2.04. The minimum absolute atomic E-state index is 0.828. The number of rotatable bonds is 3. The lowest BCUT2D eigenvalue weighted by Gasteiger charge is -2.07. The van der Waals surface area contributed by atoms with Gasteiger partial charge in [0.15, 0.2) is 0 Å². The van der Waals surface area contributed by atoms with Crippen LogP contribution in [0.25, 0.3) is 10.9 Å². The molecule has 0 aliphatic rings. The zero-order valence-electron chi connectivity index (χ0n) is 9.87. The van der Waals surface area contributed by atoms with Gasteiger partial charge in [0.2, 0.25) is 0 Å². The van der Waals surface area contributed by atoms with Crippen LogP contribution in [-0.4, -0.2) is 14.1 Å². The fourth-order valence-corrected chi connectivity index (χ4v) is 2.21. The molecule has 3 rings (SSSR count). The van der Waals surface area contributed by atoms with Crippen molar-refractivity contribution >= 4 is 10.9 Å². The minimum Gasteiger partial charge on any atom is -0.340 e. The number of hydrogen-bond donors (Lipinski definition) is 0. The fraction of sp³-hybridized carbons (Fsp3) is 0.214. The molecule has 2 heterocycles. The molecule has 0 aliphatic carbocycles. The molecule has 3 nitrogen and oxygen atoms in total. The zero-order valence-corrected chi connectivity index (χ0v) is 9.87. The molecule has 0 fully saturated rings. The first-order chi connectivity index (χ1) is 8.38. The summed E-state index contributed by atoms with van der Waals surface area (Å²) in [7, 11) is 0. The maximum absolute atomic E-state index is 4.41. The molecule has 3 heteroatoms. The predicted octanol–water partition coefficient (Wildman–Crippen LogP) is 2.91. The van der Waals surface area contributed by atoms with Crippen molar-refractivity contribution in [1.29, 1.82) is 0 Å². The minimum atomic E-state index is 0.828. The van der Waals surface area contributed by atoms with Crippen LogP contribution in [0.15, 0.2) is 48.9 Å². The summed E-state index contributed by atoms with van der Waals surface area (Å²) in [5, 5.41) is 1.28. The van der Waals surface area contributed by atoms with Crippen molar-refractivity contribution in [1.82, 2.24) is 14.1 Å². The van der Waals surface area contributed by atoms with E-state index < -0.39 is 0 Å². The maximum atomic E-state index is 4.41. The van der Waals surface area contributed by atoms with Crippen LogP contribution in [0.3, 0.4) is 0 Å². The summed E-state index contributed by atoms with van der Waals surface area (Å²) in [6, 6.07) is 10.6. The quantitative estimate of drug-likeness (QED) is 0.672. The average Bonchev–Trinajstić information content (AvgIpc) is 2.97. The van der Waals surface area contributed by atoms with Gasteiger partial charge in [-0.3, -0.25) is 0 Å². The predicted molar refractivity (Wildman–Crippen MR) is 68.9 cm³/mol. The van der Waals surface area contributed by atoms with E-state index in [4.69, 9.17) is 0 Å². The summed E-state index contributed by atoms with van der Waals surface area (Å²) >= 11 is 0. The molecule has 0 amide bonds. The van der Waals surface area contributed by atoms with E-state index >= 15 is 0 Å². The van der Waals surface area contributed by atoms with Crippen LogP contribution >= 0.6 is 0 Å². The maximum Gasteiger partial charge on any atom is 0.128 e. The molecule has 17 heavy (non-hydrogen) atoms. The van der Waals surface area contributed by atoms with Crippen molar-refractivity contribution in [3.8, 4) is 0 Å². The Balaban J connectivity index is 2.00. The molecular weight excluding hydrogens is 210 g/mol. The van der Waals surface area contributed by atoms with Crippen molar-refractivity contribution in [2.45, 2.75) is 20.0 Å². The smallest absolute Gasteiger partial charge is 0.128 e. The molecule has 0 aliphatic heterocycles. The van der Waals surface area contributed by atoms with Gasteiger partial charge in [-0.15, -0.1) is 0 Å². The second kappa shape index (κ2) is 4.09. The summed E-state index contributed by atoms with van der Waals surface area (Å²) in [5.74, 6) is 1.11. The van der Waals surface area contributed by atoms with Crippen LogP contribution in [0.5, 0.6) is 0 Å². The Morgan fingerprint density at radius 3 is 2.82 bits per heavy atom. The van der Waals surface area contributed by atoms with E-state index in [1.54, 1.807) is 0 Å². The van der Waals surface area contributed by atoms with Crippen LogP contribution < -0.4 is 0 Å². The number of nitrogens with zero attached hydrogens (tertiary/aromatic N) is 3. The van der Waals surface area contributed by atoms with Crippen molar-refractivity contribution < 1.29 is 0 Å². The molecule has 0 radical (unpaired) electrons. The van der Waals surface area contributed by atoms with Gasteiger partial charge >= 0.3 is 0 Å². The molecule has 0 N–H and O–H groups in total. The number of fused-ring (bicyclic) bond motifs is 1. The van der Waals surface area contributed by atoms with Gasteiger partial charge in [0.05, 0.1) is 6.54 Å². The van der Waals surface area contributed by atoms with E-state index in [2.05, 4.69) is 57.6 Å². The van der Waals surface area contributed by atoms with Gasteiger partial charge in [-0.2, -0.15) is 0 Å². The molecule has 2 aromatic heterocycles. The van der Waals surface area contributed by atoms with Crippen LogP contribution in [0.4, 0.5) is 0 Å². The van der Waals surface area contributed by atoms with Gasteiger partial charge in [-0.05, 0) is 24.4 Å². The highest BCUT2D eigenvalue weighted by atomic mass is 15.1. The van der Waals surface area contributed by atoms with Gasteiger partial charge in [0.1, 0.15) is 5.82 Å². The molecule has 0 atom stereocenters. The first-order valence-electron chi connectivity index (χ1n) is 5.92. The number of aromatic nitrogens is 3. The Kier molecular flexibility index (Phi) is 2.44. The monoisotopic (exact) mass is 225 g/mol. The molecule has 0 unspecified atom stereocenters. The summed E-state index contributed by atoms with van der Waals surface area (Å²) in [5.41, 5.74) is 1.26. The van der Waals surface area contributed by atoms with Crippen LogP contribution in [0, 0.1) is 0 Å². The van der Waals surface area contributed by atoms with E-state index in [1.807, 2.05) is 12.4 Å². The van der Waals surface area contributed by atoms with Crippen molar-refractivity contribution in [2.24, 2.45) is 0 Å². The Hall–Kier alpha value is -2.03. The first-order valence-corrected chi connectivity index (χ1v) is 5.92. The summed E-state index contributed by atoms with van der Waals surface area (Å²) in [6.07, 6.45) is 6.02. The lowest BCUT2D eigenvalue weighted by Crippen LogP contribution is -2.06. The number of imidazole rings is 1. The molecule has 3 aromatic rings. The molecule has 0 bridgehead atoms. The lowest BCUT2D eigenvalue weighted by molar-refractivity contribution is 0.662. The number of aryl methyl sites for hydroxylation is 1. The summed E-state index contributed by atoms with van der Waals surface area (Å²) in [6.45, 7) is 3.93. The lowest BCUT2D eigenvalue weighted by atomic mass is 10.2. The SMILES string of the molecule is CCn1ccnc1Cn1ccc2ccccc21. The first kappa shape index (κ1) is 10.1. The van der Waals surface area contributed by atoms with E-state index in [0.29, 0.717) is 0 Å². The average molecular weight is 225 g/mol. The Bertz CT molecular complexity index is 634. The normalized spacial score (nSPS) is 11.1. The third-order valence-corrected chi connectivity index (χ3v) is 3.13. The van der Waals surface area contributed by atoms with Crippen molar-refractivity contribution in [3.63, 3.8) is 0 Å². The van der Waals surface area contributed by atoms with E-state index in [1.165, 1.54) is 10.9 Å². The van der Waals surface area contributed by atoms with Crippen molar-refractivity contribution in [2.75, 3.05) is 0 Å². The summed E-state index contributed by atoms with van der Waals surface area (Å²) in [4.78, 5) is 4.41. The van der Waals surface area contributed by atoms with Gasteiger partial charge < -0.3 is 9.13 Å². The second-order valence-electron chi connectivity index (χ2n) is 4.13. The van der Waals surface area contributed by atoms with Gasteiger partial charge in [0.25, 0.3) is 0 Å². The third-order valence-electron chi connectivity index (χ3n) is 3.13. The van der Waals surface area contributed by atoms with E-state index in [9.17, 15) is 0 Å². The molecular formula is C14H15N3. The van der Waals surface area contributed by atoms with E-state index in [-0.39, 0.29) is 0 Å². The molecule has 1 aromatic carbocycles. The van der Waals surface area contributed by atoms with Crippen molar-refractivity contribution in [3.05, 3.63) is 54.7 Å². The standard InChI is InChI=1S/C14H15N3/c1-2-16-10-8-15-14(16)11-17-9-7-12-5-3-4-6-13(12)17/h3-10H,2,11H2,1H3. The van der Waals surface area contributed by atoms with E-state index in [0.717, 1.165) is 18.9 Å². The van der Waals surface area contributed by atoms with Crippen LogP contribution in [0.2, 0.25) is 0 Å². The second-order valence-corrected chi connectivity index (χ2v) is 4.13. The van der Waals surface area contributed by atoms with Gasteiger partial charge in [-0.1, -0.05) is 18.2 Å². The Morgan fingerprint density at radius 1 is 1.06 bits per heavy atom. The Labute approximate surface area is 100 Å². The Morgan fingerprint density at radius 2 is 1.94 bits per heavy atom. The highest BCUT2D eigenvalue weighted by Crippen LogP contribution is 2.16. The number of para-hydroxylation sites is 1. The number of benzene rings is 1. The van der Waals surface area contributed by atoms with Gasteiger partial charge in [-0.25, -0.2) is 4.98 Å². The highest BCUT2D eigenvalue weighted by molar-refractivity contribution is 5.79. The topological polar surface area (TPSA) is 22.8 Å². The van der Waals surface area contributed by atoms with Crippen LogP contribution in [-0.2, 0) is 13.1 Å². The fourth-order valence-electron chi connectivity index (χ4n) is 2.21. The van der Waals surface area contributed by atoms with Crippen LogP contribution in [0.1, 0.15) is 12.7 Å². The number of hydrogen-bond acceptors (Lipinski definition) is 1. The molecule has 0 saturated heterocycles. The molecule has 0 spiro atoms.